The minimum absolute atomic E-state index is 0.00573. The summed E-state index contributed by atoms with van der Waals surface area (Å²) >= 11 is 6.03. The molecule has 2 heterocycles. The summed E-state index contributed by atoms with van der Waals surface area (Å²) in [6.45, 7) is 8.98. The number of benzene rings is 1. The third kappa shape index (κ3) is 6.71. The molecule has 1 aliphatic heterocycles. The van der Waals surface area contributed by atoms with E-state index in [4.69, 9.17) is 16.3 Å². The van der Waals surface area contributed by atoms with Crippen molar-refractivity contribution in [2.75, 3.05) is 13.2 Å². The van der Waals surface area contributed by atoms with Crippen molar-refractivity contribution >= 4 is 27.5 Å². The summed E-state index contributed by atoms with van der Waals surface area (Å²) in [5.74, 6) is -0.204. The Morgan fingerprint density at radius 2 is 2.09 bits per heavy atom. The maximum absolute atomic E-state index is 13.3. The molecule has 8 nitrogen and oxygen atoms in total. The monoisotopic (exact) mass is 496 g/mol. The first-order valence-electron chi connectivity index (χ1n) is 11.3. The molecule has 3 rings (SSSR count). The average Bonchev–Trinajstić information content (AvgIpc) is 3.36. The number of sulfone groups is 1. The average molecular weight is 497 g/mol. The van der Waals surface area contributed by atoms with Crippen molar-refractivity contribution in [2.45, 2.75) is 76.2 Å². The van der Waals surface area contributed by atoms with Gasteiger partial charge in [0.15, 0.2) is 0 Å². The predicted octanol–water partition coefficient (Wildman–Crippen LogP) is 4.19. The van der Waals surface area contributed by atoms with E-state index in [0.29, 0.717) is 29.4 Å². The fourth-order valence-corrected chi connectivity index (χ4v) is 5.78. The van der Waals surface area contributed by atoms with Crippen LogP contribution >= 0.6 is 11.6 Å². The second-order valence-corrected chi connectivity index (χ2v) is 11.3. The number of ether oxygens (including phenoxy) is 1. The second-order valence-electron chi connectivity index (χ2n) is 9.00. The molecule has 1 aliphatic rings. The zero-order valence-corrected chi connectivity index (χ0v) is 21.2. The summed E-state index contributed by atoms with van der Waals surface area (Å²) in [6, 6.07) is 6.41. The number of rotatable bonds is 9. The van der Waals surface area contributed by atoms with E-state index in [1.54, 1.807) is 39.9 Å². The Labute approximate surface area is 201 Å². The molecule has 0 spiro atoms. The van der Waals surface area contributed by atoms with Crippen LogP contribution in [0.25, 0.3) is 0 Å². The number of urea groups is 1. The van der Waals surface area contributed by atoms with Crippen LogP contribution in [0.4, 0.5) is 4.79 Å². The molecule has 1 aromatic heterocycles. The van der Waals surface area contributed by atoms with Crippen molar-refractivity contribution in [3.05, 3.63) is 46.7 Å². The van der Waals surface area contributed by atoms with Crippen molar-refractivity contribution in [3.8, 4) is 0 Å². The van der Waals surface area contributed by atoms with Gasteiger partial charge in [0, 0.05) is 30.3 Å². The van der Waals surface area contributed by atoms with Gasteiger partial charge in [-0.15, -0.1) is 0 Å². The Kier molecular flexibility index (Phi) is 8.42. The highest BCUT2D eigenvalue weighted by molar-refractivity contribution is 7.90. The summed E-state index contributed by atoms with van der Waals surface area (Å²) in [6.07, 6.45) is 3.40. The number of carbonyl (C=O) groups excluding carboxylic acids is 1. The van der Waals surface area contributed by atoms with Gasteiger partial charge in [-0.3, -0.25) is 0 Å². The smallest absolute Gasteiger partial charge is 0.318 e. The van der Waals surface area contributed by atoms with E-state index < -0.39 is 9.84 Å². The largest absolute Gasteiger partial charge is 0.376 e. The van der Waals surface area contributed by atoms with Crippen LogP contribution in [-0.2, 0) is 26.9 Å². The molecule has 1 aromatic carbocycles. The highest BCUT2D eigenvalue weighted by atomic mass is 35.5. The number of nitrogens with zero attached hydrogens (tertiary/aromatic N) is 3. The Morgan fingerprint density at radius 1 is 1.33 bits per heavy atom. The highest BCUT2D eigenvalue weighted by Crippen LogP contribution is 2.24. The standard InChI is InChI=1S/C23H33ClN4O4S/c1-16(2)26-22(29)27(14-21-9-6-10-32-21)13-20-12-25-23(28(20)17(3)4)33(30,31)15-18-7-5-8-19(24)11-18/h5,7-8,11-12,16-17,21H,6,9-10,13-15H2,1-4H3,(H,26,29)/t21-/m1/s1. The number of hydrogen-bond acceptors (Lipinski definition) is 5. The summed E-state index contributed by atoms with van der Waals surface area (Å²) in [4.78, 5) is 18.9. The normalized spacial score (nSPS) is 16.5. The summed E-state index contributed by atoms with van der Waals surface area (Å²) in [5, 5.41) is 3.41. The summed E-state index contributed by atoms with van der Waals surface area (Å²) < 4.78 is 34.0. The van der Waals surface area contributed by atoms with Crippen LogP contribution in [0.2, 0.25) is 5.02 Å². The summed E-state index contributed by atoms with van der Waals surface area (Å²) in [5.41, 5.74) is 1.25. The Bertz CT molecular complexity index is 1060. The molecule has 1 saturated heterocycles. The molecule has 182 valence electrons. The highest BCUT2D eigenvalue weighted by Gasteiger charge is 2.28. The van der Waals surface area contributed by atoms with Crippen molar-refractivity contribution in [1.82, 2.24) is 19.8 Å². The number of amides is 2. The number of imidazole rings is 1. The second kappa shape index (κ2) is 10.9. The SMILES string of the molecule is CC(C)NC(=O)N(Cc1cnc(S(=O)(=O)Cc2cccc(Cl)c2)n1C(C)C)C[C@H]1CCCO1. The molecule has 33 heavy (non-hydrogen) atoms. The molecule has 2 amide bonds. The molecule has 0 bridgehead atoms. The lowest BCUT2D eigenvalue weighted by molar-refractivity contribution is 0.0783. The van der Waals surface area contributed by atoms with Gasteiger partial charge in [0.25, 0.3) is 0 Å². The topological polar surface area (TPSA) is 93.5 Å². The van der Waals surface area contributed by atoms with Gasteiger partial charge in [0.1, 0.15) is 0 Å². The zero-order valence-electron chi connectivity index (χ0n) is 19.6. The van der Waals surface area contributed by atoms with Gasteiger partial charge >= 0.3 is 6.03 Å². The van der Waals surface area contributed by atoms with Gasteiger partial charge in [-0.1, -0.05) is 23.7 Å². The van der Waals surface area contributed by atoms with E-state index in [1.807, 2.05) is 27.7 Å². The summed E-state index contributed by atoms with van der Waals surface area (Å²) in [7, 11) is -3.73. The van der Waals surface area contributed by atoms with Crippen LogP contribution in [0.5, 0.6) is 0 Å². The van der Waals surface area contributed by atoms with Crippen LogP contribution in [0.1, 0.15) is 57.8 Å². The first kappa shape index (κ1) is 25.5. The lowest BCUT2D eigenvalue weighted by Gasteiger charge is -2.27. The van der Waals surface area contributed by atoms with Crippen molar-refractivity contribution in [1.29, 1.82) is 0 Å². The quantitative estimate of drug-likeness (QED) is 0.561. The van der Waals surface area contributed by atoms with Gasteiger partial charge in [-0.2, -0.15) is 0 Å². The molecule has 1 atom stereocenters. The van der Waals surface area contributed by atoms with E-state index in [9.17, 15) is 13.2 Å². The Morgan fingerprint density at radius 3 is 2.70 bits per heavy atom. The minimum Gasteiger partial charge on any atom is -0.376 e. The van der Waals surface area contributed by atoms with Crippen LogP contribution < -0.4 is 5.32 Å². The number of carbonyl (C=O) groups is 1. The molecular weight excluding hydrogens is 464 g/mol. The molecule has 1 fully saturated rings. The van der Waals surface area contributed by atoms with Gasteiger partial charge in [-0.05, 0) is 58.2 Å². The van der Waals surface area contributed by atoms with Crippen molar-refractivity contribution in [2.24, 2.45) is 0 Å². The maximum Gasteiger partial charge on any atom is 0.318 e. The molecule has 0 saturated carbocycles. The van der Waals surface area contributed by atoms with E-state index in [1.165, 1.54) is 0 Å². The molecule has 10 heteroatoms. The zero-order chi connectivity index (χ0) is 24.2. The van der Waals surface area contributed by atoms with Gasteiger partial charge < -0.3 is 19.5 Å². The fraction of sp³-hybridized carbons (Fsp3) is 0.565. The van der Waals surface area contributed by atoms with Gasteiger partial charge in [-0.25, -0.2) is 18.2 Å². The van der Waals surface area contributed by atoms with E-state index >= 15 is 0 Å². The maximum atomic E-state index is 13.3. The van der Waals surface area contributed by atoms with Crippen molar-refractivity contribution < 1.29 is 17.9 Å². The van der Waals surface area contributed by atoms with Crippen molar-refractivity contribution in [3.63, 3.8) is 0 Å². The lowest BCUT2D eigenvalue weighted by atomic mass is 10.2. The lowest BCUT2D eigenvalue weighted by Crippen LogP contribution is -2.45. The molecule has 0 radical (unpaired) electrons. The fourth-order valence-electron chi connectivity index (χ4n) is 3.97. The minimum atomic E-state index is -3.73. The molecular formula is C23H33ClN4O4S. The first-order valence-corrected chi connectivity index (χ1v) is 13.3. The molecule has 0 aliphatic carbocycles. The number of halogens is 1. The Balaban J connectivity index is 1.89. The molecule has 1 N–H and O–H groups in total. The van der Waals surface area contributed by atoms with Crippen LogP contribution in [-0.4, -0.2) is 54.2 Å². The third-order valence-corrected chi connectivity index (χ3v) is 7.19. The predicted molar refractivity (Wildman–Crippen MR) is 128 cm³/mol. The Hall–Kier alpha value is -2.10. The van der Waals surface area contributed by atoms with Crippen LogP contribution in [0, 0.1) is 0 Å². The first-order chi connectivity index (χ1) is 15.6. The van der Waals surface area contributed by atoms with E-state index in [0.717, 1.165) is 12.8 Å². The van der Waals surface area contributed by atoms with Crippen LogP contribution in [0.15, 0.2) is 35.6 Å². The van der Waals surface area contributed by atoms with Gasteiger partial charge in [0.2, 0.25) is 15.0 Å². The molecule has 2 aromatic rings. The number of hydrogen-bond donors (Lipinski definition) is 1. The van der Waals surface area contributed by atoms with E-state index in [-0.39, 0.29) is 41.7 Å². The number of nitrogens with one attached hydrogen (secondary N) is 1. The van der Waals surface area contributed by atoms with Gasteiger partial charge in [0.05, 0.1) is 30.3 Å². The van der Waals surface area contributed by atoms with E-state index in [2.05, 4.69) is 10.3 Å². The third-order valence-electron chi connectivity index (χ3n) is 5.38. The molecule has 0 unspecified atom stereocenters. The number of aromatic nitrogens is 2. The van der Waals surface area contributed by atoms with Crippen LogP contribution in [0.3, 0.4) is 0 Å².